The first-order valence-electron chi connectivity index (χ1n) is 15.2. The molecule has 11 N–H and O–H groups in total. The number of aliphatic carboxylic acids is 1. The van der Waals surface area contributed by atoms with Gasteiger partial charge in [-0.1, -0.05) is 5.21 Å². The molecule has 0 aliphatic carbocycles. The van der Waals surface area contributed by atoms with Crippen molar-refractivity contribution in [3.8, 4) is 0 Å². The molecule has 3 saturated heterocycles. The van der Waals surface area contributed by atoms with E-state index in [1.54, 1.807) is 0 Å². The normalized spacial score (nSPS) is 42.7. The standard InChI is InChI=1S/C26H40N4O19.Na/c31-4-10(34)15(36)22-14-9(33)1-26(49-22,25(42)43)45-7-12-16(37)17(38)19(40)24(47-12)48-21-11(5-32)46-23(20(41)18(21)39)44-6-8-2-30(29-28-8)3-13(35)27-14;/h2,9-12,14-24,31-34,36-41H,1,3-7H2,(H,27,35)(H,42,43);/q;+1/p-1/t9-,10+,11+,12+,14+,15+,16-,17-,18+,19+,20+,21+,22+,23+,24-,26+;/m0./s1. The molecule has 0 aromatic carbocycles. The molecule has 16 atom stereocenters. The van der Waals surface area contributed by atoms with E-state index in [0.29, 0.717) is 0 Å². The van der Waals surface area contributed by atoms with Crippen molar-refractivity contribution in [2.75, 3.05) is 19.8 Å². The summed E-state index contributed by atoms with van der Waals surface area (Å²) in [5.74, 6) is -5.99. The molecule has 7 aliphatic heterocycles. The first kappa shape index (κ1) is 41.2. The summed E-state index contributed by atoms with van der Waals surface area (Å²) in [4.78, 5) is 25.5. The predicted octanol–water partition coefficient (Wildman–Crippen LogP) is -12.7. The van der Waals surface area contributed by atoms with Crippen LogP contribution in [-0.2, 0) is 51.2 Å². The number of rotatable bonds is 5. The van der Waals surface area contributed by atoms with E-state index in [9.17, 15) is 65.8 Å². The van der Waals surface area contributed by atoms with E-state index >= 15 is 0 Å². The molecular formula is C26H39N4NaO19. The maximum absolute atomic E-state index is 13.0. The molecule has 23 nitrogen and oxygen atoms in total. The molecule has 7 aliphatic rings. The summed E-state index contributed by atoms with van der Waals surface area (Å²) in [7, 11) is 0. The molecule has 0 unspecified atom stereocenters. The van der Waals surface area contributed by atoms with E-state index in [1.807, 2.05) is 0 Å². The number of carboxylic acids is 1. The Hall–Kier alpha value is -1.56. The average Bonchev–Trinajstić information content (AvgIpc) is 3.52. The molecule has 8 bridgehead atoms. The fraction of sp³-hybridized carbons (Fsp3) is 0.846. The number of hydrogen-bond acceptors (Lipinski definition) is 21. The van der Waals surface area contributed by atoms with Crippen LogP contribution < -0.4 is 40.0 Å². The van der Waals surface area contributed by atoms with E-state index in [2.05, 4.69) is 15.6 Å². The molecule has 24 heteroatoms. The van der Waals surface area contributed by atoms with Crippen molar-refractivity contribution >= 4 is 11.9 Å². The van der Waals surface area contributed by atoms with Crippen LogP contribution in [-0.4, -0.2) is 195 Å². The summed E-state index contributed by atoms with van der Waals surface area (Å²) in [6.45, 7) is -3.85. The number of aliphatic hydroxyl groups is 10. The van der Waals surface area contributed by atoms with Gasteiger partial charge < -0.3 is 94.7 Å². The van der Waals surface area contributed by atoms with Crippen molar-refractivity contribution in [3.63, 3.8) is 0 Å². The molecule has 1 aromatic rings. The number of carbonyl (C=O) groups is 2. The Balaban J connectivity index is 0.00000562. The van der Waals surface area contributed by atoms with Crippen molar-refractivity contribution in [2.24, 2.45) is 0 Å². The number of nitrogens with zero attached hydrogens (tertiary/aromatic N) is 3. The first-order valence-corrected chi connectivity index (χ1v) is 15.2. The molecule has 0 saturated carbocycles. The number of amides is 1. The van der Waals surface area contributed by atoms with Crippen molar-refractivity contribution < 1.29 is 124 Å². The van der Waals surface area contributed by atoms with Gasteiger partial charge in [-0.05, 0) is 0 Å². The molecule has 8 heterocycles. The van der Waals surface area contributed by atoms with Crippen LogP contribution in [0.5, 0.6) is 0 Å². The SMILES string of the molecule is O=C1Cn2cc(nn2)CO[C@@H]2O[C@H](CO)[C@@H](O[C@@H]3O[C@H](CO[C@]4(C(=O)[O-])C[C@H](O)[C@@H](N1)[C@H]([C@H](O)[C@H](O)CO)O4)[C@H](O)[C@H](O)[C@H]3O)[C@H](O)[C@H]2O.[Na+]. The van der Waals surface area contributed by atoms with Crippen LogP contribution in [0.4, 0.5) is 0 Å². The zero-order valence-corrected chi connectivity index (χ0v) is 28.5. The predicted molar refractivity (Wildman–Crippen MR) is 144 cm³/mol. The molecule has 3 fully saturated rings. The molecule has 8 rings (SSSR count). The van der Waals surface area contributed by atoms with Gasteiger partial charge in [-0.2, -0.15) is 0 Å². The van der Waals surface area contributed by atoms with E-state index in [4.69, 9.17) is 28.4 Å². The molecule has 1 aromatic heterocycles. The third-order valence-electron chi connectivity index (χ3n) is 8.68. The van der Waals surface area contributed by atoms with Crippen LogP contribution >= 0.6 is 0 Å². The molecule has 278 valence electrons. The van der Waals surface area contributed by atoms with E-state index in [-0.39, 0.29) is 35.3 Å². The number of carboxylic acid groups (broad SMARTS) is 1. The number of nitrogens with one attached hydrogen (secondary N) is 1. The maximum Gasteiger partial charge on any atom is 1.00 e. The van der Waals surface area contributed by atoms with Crippen LogP contribution in [0.1, 0.15) is 12.1 Å². The Kier molecular flexibility index (Phi) is 14.1. The largest absolute Gasteiger partial charge is 1.00 e. The molecule has 1 amide bonds. The zero-order chi connectivity index (χ0) is 35.8. The third kappa shape index (κ3) is 8.46. The Morgan fingerprint density at radius 3 is 2.38 bits per heavy atom. The summed E-state index contributed by atoms with van der Waals surface area (Å²) in [5, 5.41) is 127. The summed E-state index contributed by atoms with van der Waals surface area (Å²) in [6.07, 6.45) is -25.8. The van der Waals surface area contributed by atoms with Gasteiger partial charge in [-0.15, -0.1) is 5.10 Å². The minimum atomic E-state index is -2.98. The molecular weight excluding hydrogens is 695 g/mol. The maximum atomic E-state index is 13.0. The van der Waals surface area contributed by atoms with Crippen LogP contribution in [0.2, 0.25) is 0 Å². The van der Waals surface area contributed by atoms with Gasteiger partial charge in [0.2, 0.25) is 11.7 Å². The zero-order valence-electron chi connectivity index (χ0n) is 26.5. The van der Waals surface area contributed by atoms with Gasteiger partial charge >= 0.3 is 29.6 Å². The van der Waals surface area contributed by atoms with E-state index < -0.39 is 149 Å². The minimum absolute atomic E-state index is 0. The third-order valence-corrected chi connectivity index (χ3v) is 8.68. The van der Waals surface area contributed by atoms with Gasteiger partial charge in [-0.25, -0.2) is 4.68 Å². The number of aliphatic hydroxyl groups excluding tert-OH is 10. The van der Waals surface area contributed by atoms with Crippen LogP contribution in [0.15, 0.2) is 6.20 Å². The van der Waals surface area contributed by atoms with Crippen molar-refractivity contribution in [3.05, 3.63) is 11.9 Å². The van der Waals surface area contributed by atoms with Crippen LogP contribution in [0.25, 0.3) is 0 Å². The van der Waals surface area contributed by atoms with Gasteiger partial charge in [0, 0.05) is 6.42 Å². The van der Waals surface area contributed by atoms with Gasteiger partial charge in [0.15, 0.2) is 12.6 Å². The van der Waals surface area contributed by atoms with Crippen molar-refractivity contribution in [2.45, 2.75) is 117 Å². The summed E-state index contributed by atoms with van der Waals surface area (Å²) >= 11 is 0. The Morgan fingerprint density at radius 2 is 1.72 bits per heavy atom. The summed E-state index contributed by atoms with van der Waals surface area (Å²) in [5.41, 5.74) is 0.0905. The van der Waals surface area contributed by atoms with Crippen molar-refractivity contribution in [1.82, 2.24) is 20.3 Å². The number of carbonyl (C=O) groups excluding carboxylic acids is 2. The van der Waals surface area contributed by atoms with Crippen LogP contribution in [0.3, 0.4) is 0 Å². The summed E-state index contributed by atoms with van der Waals surface area (Å²) in [6, 6.07) is -1.63. The first-order chi connectivity index (χ1) is 23.2. The number of hydrogen-bond donors (Lipinski definition) is 11. The topological polar surface area (TPSA) is 358 Å². The average molecular weight is 735 g/mol. The van der Waals surface area contributed by atoms with Gasteiger partial charge in [0.25, 0.3) is 0 Å². The Morgan fingerprint density at radius 1 is 1.02 bits per heavy atom. The van der Waals surface area contributed by atoms with Gasteiger partial charge in [0.1, 0.15) is 85.4 Å². The summed E-state index contributed by atoms with van der Waals surface area (Å²) < 4.78 is 34.2. The second kappa shape index (κ2) is 17.1. The molecule has 0 spiro atoms. The molecule has 50 heavy (non-hydrogen) atoms. The van der Waals surface area contributed by atoms with E-state index in [1.165, 1.54) is 6.20 Å². The van der Waals surface area contributed by atoms with Gasteiger partial charge in [-0.3, -0.25) is 4.79 Å². The minimum Gasteiger partial charge on any atom is -0.544 e. The second-order valence-corrected chi connectivity index (χ2v) is 12.1. The Bertz CT molecular complexity index is 1300. The number of ether oxygens (including phenoxy) is 6. The Labute approximate surface area is 304 Å². The number of aromatic nitrogens is 3. The van der Waals surface area contributed by atoms with Gasteiger partial charge in [0.05, 0.1) is 44.8 Å². The quantitative estimate of drug-likeness (QED) is 0.125. The fourth-order valence-corrected chi connectivity index (χ4v) is 5.96. The van der Waals surface area contributed by atoms with Crippen molar-refractivity contribution in [1.29, 1.82) is 0 Å². The van der Waals surface area contributed by atoms with Crippen LogP contribution in [0, 0.1) is 0 Å². The molecule has 0 radical (unpaired) electrons. The monoisotopic (exact) mass is 734 g/mol. The van der Waals surface area contributed by atoms with E-state index in [0.717, 1.165) is 4.68 Å². The fourth-order valence-electron chi connectivity index (χ4n) is 5.96. The second-order valence-electron chi connectivity index (χ2n) is 12.1. The smallest absolute Gasteiger partial charge is 0.544 e.